The zero-order valence-corrected chi connectivity index (χ0v) is 7.96. The molecule has 0 N–H and O–H groups in total. The summed E-state index contributed by atoms with van der Waals surface area (Å²) < 4.78 is 1.54. The largest absolute Gasteiger partial charge is 0.276 e. The lowest BCUT2D eigenvalue weighted by atomic mass is 9.96. The Morgan fingerprint density at radius 1 is 1.50 bits per heavy atom. The van der Waals surface area contributed by atoms with Gasteiger partial charge in [0.1, 0.15) is 6.33 Å². The van der Waals surface area contributed by atoms with Gasteiger partial charge in [0, 0.05) is 11.6 Å². The van der Waals surface area contributed by atoms with Crippen LogP contribution >= 0.6 is 0 Å². The Bertz CT molecular complexity index is 294. The third kappa shape index (κ3) is 1.72. The number of nitrogens with zero attached hydrogens (tertiary/aromatic N) is 2. The van der Waals surface area contributed by atoms with Gasteiger partial charge in [0.2, 0.25) is 5.91 Å². The van der Waals surface area contributed by atoms with E-state index in [2.05, 4.69) is 4.98 Å². The van der Waals surface area contributed by atoms with Gasteiger partial charge < -0.3 is 0 Å². The first-order valence-electron chi connectivity index (χ1n) is 3.96. The SMILES string of the molecule is Cc1cn(C(=O)C(C)(C)C)cn1. The maximum Gasteiger partial charge on any atom is 0.237 e. The van der Waals surface area contributed by atoms with Crippen LogP contribution in [0.4, 0.5) is 0 Å². The van der Waals surface area contributed by atoms with Crippen LogP contribution in [0.5, 0.6) is 0 Å². The van der Waals surface area contributed by atoms with Gasteiger partial charge in [-0.1, -0.05) is 20.8 Å². The van der Waals surface area contributed by atoms with E-state index in [9.17, 15) is 4.79 Å². The van der Waals surface area contributed by atoms with Crippen LogP contribution in [0.2, 0.25) is 0 Å². The van der Waals surface area contributed by atoms with E-state index in [0.717, 1.165) is 5.69 Å². The zero-order valence-electron chi connectivity index (χ0n) is 7.96. The van der Waals surface area contributed by atoms with Gasteiger partial charge in [0.05, 0.1) is 5.69 Å². The summed E-state index contributed by atoms with van der Waals surface area (Å²) in [5, 5.41) is 0. The minimum absolute atomic E-state index is 0.0723. The summed E-state index contributed by atoms with van der Waals surface area (Å²) in [4.78, 5) is 15.6. The molecule has 0 aromatic carbocycles. The van der Waals surface area contributed by atoms with Crippen LogP contribution in [-0.2, 0) is 0 Å². The summed E-state index contributed by atoms with van der Waals surface area (Å²) in [6.07, 6.45) is 3.30. The van der Waals surface area contributed by atoms with Crippen molar-refractivity contribution >= 4 is 5.91 Å². The summed E-state index contributed by atoms with van der Waals surface area (Å²) in [6, 6.07) is 0. The van der Waals surface area contributed by atoms with Crippen LogP contribution in [0.3, 0.4) is 0 Å². The zero-order chi connectivity index (χ0) is 9.35. The number of rotatable bonds is 0. The van der Waals surface area contributed by atoms with E-state index in [1.54, 1.807) is 12.5 Å². The molecule has 0 saturated heterocycles. The molecule has 0 unspecified atom stereocenters. The Balaban J connectivity index is 2.93. The second-order valence-electron chi connectivity index (χ2n) is 3.98. The van der Waals surface area contributed by atoms with E-state index in [4.69, 9.17) is 0 Å². The van der Waals surface area contributed by atoms with Gasteiger partial charge in [-0.15, -0.1) is 0 Å². The monoisotopic (exact) mass is 166 g/mol. The van der Waals surface area contributed by atoms with Crippen LogP contribution in [0.15, 0.2) is 12.5 Å². The Morgan fingerprint density at radius 2 is 2.08 bits per heavy atom. The Morgan fingerprint density at radius 3 is 2.42 bits per heavy atom. The third-order valence-electron chi connectivity index (χ3n) is 1.59. The molecule has 0 spiro atoms. The number of carbonyl (C=O) groups is 1. The average Bonchev–Trinajstić information content (AvgIpc) is 2.32. The van der Waals surface area contributed by atoms with E-state index in [-0.39, 0.29) is 11.3 Å². The molecule has 12 heavy (non-hydrogen) atoms. The maximum atomic E-state index is 11.6. The highest BCUT2D eigenvalue weighted by molar-refractivity contribution is 5.83. The van der Waals surface area contributed by atoms with Crippen LogP contribution in [0.1, 0.15) is 31.3 Å². The fourth-order valence-corrected chi connectivity index (χ4v) is 0.920. The molecule has 3 nitrogen and oxygen atoms in total. The second kappa shape index (κ2) is 2.73. The second-order valence-corrected chi connectivity index (χ2v) is 3.98. The van der Waals surface area contributed by atoms with Crippen molar-refractivity contribution in [3.8, 4) is 0 Å². The third-order valence-corrected chi connectivity index (χ3v) is 1.59. The molecule has 0 fully saturated rings. The fourth-order valence-electron chi connectivity index (χ4n) is 0.920. The van der Waals surface area contributed by atoms with Gasteiger partial charge >= 0.3 is 0 Å². The molecule has 1 heterocycles. The molecule has 1 rings (SSSR count). The van der Waals surface area contributed by atoms with Crippen molar-refractivity contribution in [1.29, 1.82) is 0 Å². The minimum atomic E-state index is -0.340. The number of hydrogen-bond acceptors (Lipinski definition) is 2. The first kappa shape index (κ1) is 8.97. The topological polar surface area (TPSA) is 34.9 Å². The lowest BCUT2D eigenvalue weighted by molar-refractivity contribution is 0.0766. The predicted molar refractivity (Wildman–Crippen MR) is 47.0 cm³/mol. The quantitative estimate of drug-likeness (QED) is 0.589. The van der Waals surface area contributed by atoms with E-state index >= 15 is 0 Å². The summed E-state index contributed by atoms with van der Waals surface area (Å²) in [5.41, 5.74) is 0.528. The van der Waals surface area contributed by atoms with Gasteiger partial charge in [-0.05, 0) is 6.92 Å². The smallest absolute Gasteiger partial charge is 0.237 e. The maximum absolute atomic E-state index is 11.6. The molecule has 3 heteroatoms. The van der Waals surface area contributed by atoms with Crippen molar-refractivity contribution in [2.75, 3.05) is 0 Å². The molecular weight excluding hydrogens is 152 g/mol. The molecule has 0 atom stereocenters. The number of aryl methyl sites for hydroxylation is 1. The minimum Gasteiger partial charge on any atom is -0.276 e. The standard InChI is InChI=1S/C9H14N2O/c1-7-5-11(6-10-7)8(12)9(2,3)4/h5-6H,1-4H3. The molecule has 66 valence electrons. The fraction of sp³-hybridized carbons (Fsp3) is 0.556. The molecule has 0 radical (unpaired) electrons. The van der Waals surface area contributed by atoms with Crippen LogP contribution in [0.25, 0.3) is 0 Å². The number of aromatic nitrogens is 2. The normalized spacial score (nSPS) is 11.7. The van der Waals surface area contributed by atoms with E-state index in [1.165, 1.54) is 4.57 Å². The highest BCUT2D eigenvalue weighted by atomic mass is 16.2. The van der Waals surface area contributed by atoms with E-state index in [0.29, 0.717) is 0 Å². The summed E-state index contributed by atoms with van der Waals surface area (Å²) >= 11 is 0. The molecule has 0 saturated carbocycles. The van der Waals surface area contributed by atoms with Crippen molar-refractivity contribution < 1.29 is 4.79 Å². The summed E-state index contributed by atoms with van der Waals surface area (Å²) in [5.74, 6) is 0.0723. The molecule has 0 aliphatic carbocycles. The predicted octanol–water partition coefficient (Wildman–Crippen LogP) is 1.88. The molecule has 0 bridgehead atoms. The van der Waals surface area contributed by atoms with Crippen LogP contribution in [-0.4, -0.2) is 15.5 Å². The van der Waals surface area contributed by atoms with E-state index in [1.807, 2.05) is 27.7 Å². The average molecular weight is 166 g/mol. The van der Waals surface area contributed by atoms with E-state index < -0.39 is 0 Å². The summed E-state index contributed by atoms with van der Waals surface area (Å²) in [7, 11) is 0. The molecule has 1 aromatic rings. The van der Waals surface area contributed by atoms with Gasteiger partial charge in [0.15, 0.2) is 0 Å². The van der Waals surface area contributed by atoms with Gasteiger partial charge in [0.25, 0.3) is 0 Å². The highest BCUT2D eigenvalue weighted by Gasteiger charge is 2.22. The Kier molecular flexibility index (Phi) is 2.04. The van der Waals surface area contributed by atoms with Crippen molar-refractivity contribution in [2.45, 2.75) is 27.7 Å². The molecule has 0 amide bonds. The molecule has 1 aromatic heterocycles. The Labute approximate surface area is 72.4 Å². The van der Waals surface area contributed by atoms with Crippen molar-refractivity contribution in [3.05, 3.63) is 18.2 Å². The van der Waals surface area contributed by atoms with Gasteiger partial charge in [-0.25, -0.2) is 4.98 Å². The number of imidazole rings is 1. The van der Waals surface area contributed by atoms with Crippen molar-refractivity contribution in [3.63, 3.8) is 0 Å². The molecule has 0 aliphatic heterocycles. The van der Waals surface area contributed by atoms with Crippen molar-refractivity contribution in [1.82, 2.24) is 9.55 Å². The lowest BCUT2D eigenvalue weighted by Gasteiger charge is -2.15. The first-order chi connectivity index (χ1) is 5.41. The first-order valence-corrected chi connectivity index (χ1v) is 3.96. The van der Waals surface area contributed by atoms with Crippen molar-refractivity contribution in [2.24, 2.45) is 5.41 Å². The number of hydrogen-bond donors (Lipinski definition) is 0. The van der Waals surface area contributed by atoms with Gasteiger partial charge in [-0.3, -0.25) is 9.36 Å². The van der Waals surface area contributed by atoms with Crippen LogP contribution < -0.4 is 0 Å². The molecular formula is C9H14N2O. The Hall–Kier alpha value is -1.12. The molecule has 0 aliphatic rings. The number of carbonyl (C=O) groups excluding carboxylic acids is 1. The van der Waals surface area contributed by atoms with Gasteiger partial charge in [-0.2, -0.15) is 0 Å². The summed E-state index contributed by atoms with van der Waals surface area (Å²) in [6.45, 7) is 7.55. The highest BCUT2D eigenvalue weighted by Crippen LogP contribution is 2.16. The van der Waals surface area contributed by atoms with Crippen LogP contribution in [0, 0.1) is 12.3 Å². The lowest BCUT2D eigenvalue weighted by Crippen LogP contribution is -2.25.